The summed E-state index contributed by atoms with van der Waals surface area (Å²) in [6, 6.07) is 0. The minimum Gasteiger partial charge on any atom is -0.358 e. The van der Waals surface area contributed by atoms with Crippen molar-refractivity contribution in [2.24, 2.45) is 0 Å². The predicted octanol–water partition coefficient (Wildman–Crippen LogP) is 1.03. The van der Waals surface area contributed by atoms with Crippen molar-refractivity contribution in [3.05, 3.63) is 32.1 Å². The van der Waals surface area contributed by atoms with Crippen molar-refractivity contribution >= 4 is 0 Å². The van der Waals surface area contributed by atoms with Gasteiger partial charge in [0.05, 0.1) is 12.5 Å². The first-order valence-electron chi connectivity index (χ1n) is 5.42. The number of hydrogen-bond acceptors (Lipinski definition) is 3. The summed E-state index contributed by atoms with van der Waals surface area (Å²) in [7, 11) is 2.17. The molecule has 0 bridgehead atoms. The van der Waals surface area contributed by atoms with Crippen LogP contribution in [-0.2, 0) is 25.2 Å². The van der Waals surface area contributed by atoms with E-state index in [1.807, 2.05) is 13.1 Å². The van der Waals surface area contributed by atoms with Gasteiger partial charge in [-0.25, -0.2) is 6.92 Å². The van der Waals surface area contributed by atoms with Gasteiger partial charge in [0, 0.05) is 26.2 Å². The number of imidazole rings is 1. The maximum Gasteiger partial charge on any atom is 2.00 e. The zero-order valence-corrected chi connectivity index (χ0v) is 12.5. The fourth-order valence-electron chi connectivity index (χ4n) is 1.90. The van der Waals surface area contributed by atoms with Gasteiger partial charge in [-0.3, -0.25) is 4.90 Å². The second-order valence-corrected chi connectivity index (χ2v) is 4.29. The van der Waals surface area contributed by atoms with Crippen LogP contribution in [0.5, 0.6) is 0 Å². The molecule has 0 aromatic carbocycles. The molecule has 0 amide bonds. The molecule has 1 aromatic rings. The van der Waals surface area contributed by atoms with Crippen molar-refractivity contribution in [2.45, 2.75) is 13.6 Å². The van der Waals surface area contributed by atoms with E-state index in [4.69, 9.17) is 0 Å². The van der Waals surface area contributed by atoms with Crippen LogP contribution < -0.4 is 0 Å². The zero-order valence-electron chi connectivity index (χ0n) is 11.1. The van der Waals surface area contributed by atoms with Crippen LogP contribution in [0, 0.1) is 21.3 Å². The van der Waals surface area contributed by atoms with Gasteiger partial charge in [0.25, 0.3) is 0 Å². The number of aromatic nitrogens is 2. The SMILES string of the molecule is [CH2-]c1cnc(C)n1CN1CCN(C)CC1.[CH3-].[V+2]. The largest absolute Gasteiger partial charge is 2.00 e. The molecule has 1 radical (unpaired) electrons. The van der Waals surface area contributed by atoms with Gasteiger partial charge in [-0.05, 0) is 14.0 Å². The van der Waals surface area contributed by atoms with Gasteiger partial charge in [-0.15, -0.1) is 5.69 Å². The molecule has 2 heterocycles. The molecule has 4 nitrogen and oxygen atoms in total. The van der Waals surface area contributed by atoms with Crippen LogP contribution in [0.3, 0.4) is 0 Å². The van der Waals surface area contributed by atoms with E-state index in [-0.39, 0.29) is 26.0 Å². The number of piperazine rings is 1. The fraction of sp³-hybridized carbons (Fsp3) is 0.583. The molecule has 5 heteroatoms. The van der Waals surface area contributed by atoms with Crippen LogP contribution in [0.15, 0.2) is 6.20 Å². The van der Waals surface area contributed by atoms with E-state index in [2.05, 4.69) is 33.3 Å². The Bertz CT molecular complexity index is 310. The smallest absolute Gasteiger partial charge is 0.358 e. The Balaban J connectivity index is 0.00000128. The minimum atomic E-state index is 0. The Morgan fingerprint density at radius 3 is 2.35 bits per heavy atom. The molecule has 1 aliphatic heterocycles. The summed E-state index contributed by atoms with van der Waals surface area (Å²) in [4.78, 5) is 9.07. The summed E-state index contributed by atoms with van der Waals surface area (Å²) >= 11 is 0. The molecule has 1 fully saturated rings. The number of nitrogens with zero attached hydrogens (tertiary/aromatic N) is 4. The molecule has 0 aliphatic carbocycles. The quantitative estimate of drug-likeness (QED) is 0.752. The average molecular weight is 273 g/mol. The Hall–Kier alpha value is -0.416. The molecular formula is C12H22N4V. The maximum atomic E-state index is 4.26. The Kier molecular flexibility index (Phi) is 6.94. The molecule has 0 N–H and O–H groups in total. The average Bonchev–Trinajstić information content (AvgIpc) is 2.53. The molecule has 0 saturated carbocycles. The molecule has 1 aromatic heterocycles. The summed E-state index contributed by atoms with van der Waals surface area (Å²) in [6.07, 6.45) is 1.84. The van der Waals surface area contributed by atoms with Crippen LogP contribution >= 0.6 is 0 Å². The molecule has 95 valence electrons. The molecule has 0 spiro atoms. The first-order valence-corrected chi connectivity index (χ1v) is 5.42. The topological polar surface area (TPSA) is 24.3 Å². The third kappa shape index (κ3) is 4.07. The van der Waals surface area contributed by atoms with E-state index >= 15 is 0 Å². The van der Waals surface area contributed by atoms with Crippen LogP contribution in [-0.4, -0.2) is 52.6 Å². The van der Waals surface area contributed by atoms with E-state index in [1.54, 1.807) is 0 Å². The van der Waals surface area contributed by atoms with Gasteiger partial charge in [0.15, 0.2) is 0 Å². The Morgan fingerprint density at radius 1 is 1.29 bits per heavy atom. The van der Waals surface area contributed by atoms with Gasteiger partial charge in [-0.2, -0.15) is 0 Å². The molecular weight excluding hydrogens is 251 g/mol. The van der Waals surface area contributed by atoms with Crippen molar-refractivity contribution in [2.75, 3.05) is 33.2 Å². The Labute approximate surface area is 117 Å². The van der Waals surface area contributed by atoms with Crippen molar-refractivity contribution in [1.29, 1.82) is 0 Å². The van der Waals surface area contributed by atoms with Crippen molar-refractivity contribution in [1.82, 2.24) is 19.4 Å². The summed E-state index contributed by atoms with van der Waals surface area (Å²) < 4.78 is 2.17. The zero-order chi connectivity index (χ0) is 10.8. The second kappa shape index (κ2) is 7.12. The maximum absolute atomic E-state index is 4.26. The third-order valence-corrected chi connectivity index (χ3v) is 3.08. The molecule has 2 rings (SSSR count). The number of likely N-dealkylation sites (N-methyl/N-ethyl adjacent to an activating group) is 1. The normalized spacial score (nSPS) is 17.3. The van der Waals surface area contributed by atoms with E-state index < -0.39 is 0 Å². The van der Waals surface area contributed by atoms with Gasteiger partial charge < -0.3 is 21.9 Å². The van der Waals surface area contributed by atoms with Crippen LogP contribution in [0.25, 0.3) is 0 Å². The van der Waals surface area contributed by atoms with E-state index in [1.165, 1.54) is 0 Å². The summed E-state index contributed by atoms with van der Waals surface area (Å²) in [5, 5.41) is 0. The predicted molar refractivity (Wildman–Crippen MR) is 66.9 cm³/mol. The molecule has 1 saturated heterocycles. The summed E-state index contributed by atoms with van der Waals surface area (Å²) in [6.45, 7) is 11.5. The molecule has 0 unspecified atom stereocenters. The van der Waals surface area contributed by atoms with Crippen LogP contribution in [0.1, 0.15) is 11.5 Å². The van der Waals surface area contributed by atoms with E-state index in [0.717, 1.165) is 44.4 Å². The standard InChI is InChI=1S/C11H19N4.CH3.V/c1-10-8-12-11(2)15(10)9-14-6-4-13(3)5-7-14;;/h8H,1,4-7,9H2,2-3H3;1H3;/q2*-1;+2. The number of hydrogen-bond donors (Lipinski definition) is 0. The Morgan fingerprint density at radius 2 is 1.88 bits per heavy atom. The van der Waals surface area contributed by atoms with Crippen molar-refractivity contribution in [3.63, 3.8) is 0 Å². The van der Waals surface area contributed by atoms with Crippen LogP contribution in [0.2, 0.25) is 0 Å². The van der Waals surface area contributed by atoms with E-state index in [0.29, 0.717) is 0 Å². The summed E-state index contributed by atoms with van der Waals surface area (Å²) in [5.41, 5.74) is 1.01. The van der Waals surface area contributed by atoms with Gasteiger partial charge in [-0.1, -0.05) is 6.20 Å². The van der Waals surface area contributed by atoms with Crippen LogP contribution in [0.4, 0.5) is 0 Å². The van der Waals surface area contributed by atoms with Crippen molar-refractivity contribution < 1.29 is 18.6 Å². The van der Waals surface area contributed by atoms with Gasteiger partial charge in [0.1, 0.15) is 0 Å². The number of rotatable bonds is 2. The van der Waals surface area contributed by atoms with E-state index in [9.17, 15) is 0 Å². The fourth-order valence-corrected chi connectivity index (χ4v) is 1.90. The minimum absolute atomic E-state index is 0. The van der Waals surface area contributed by atoms with Gasteiger partial charge in [0.2, 0.25) is 0 Å². The van der Waals surface area contributed by atoms with Gasteiger partial charge >= 0.3 is 18.6 Å². The molecule has 0 atom stereocenters. The molecule has 1 aliphatic rings. The first-order chi connectivity index (χ1) is 7.16. The third-order valence-electron chi connectivity index (χ3n) is 3.08. The van der Waals surface area contributed by atoms with Crippen molar-refractivity contribution in [3.8, 4) is 0 Å². The monoisotopic (exact) mass is 273 g/mol. The number of aryl methyl sites for hydroxylation is 1. The second-order valence-electron chi connectivity index (χ2n) is 4.29. The summed E-state index contributed by atoms with van der Waals surface area (Å²) in [5.74, 6) is 1.05. The molecule has 17 heavy (non-hydrogen) atoms. The first kappa shape index (κ1) is 16.6.